The van der Waals surface area contributed by atoms with Gasteiger partial charge in [-0.1, -0.05) is 146 Å². The van der Waals surface area contributed by atoms with Crippen LogP contribution in [0.5, 0.6) is 0 Å². The molecular formula is C77H34O6. The van der Waals surface area contributed by atoms with Crippen LogP contribution in [0.2, 0.25) is 0 Å². The Morgan fingerprint density at radius 3 is 1.12 bits per heavy atom. The first-order chi connectivity index (χ1) is 40.7. The van der Waals surface area contributed by atoms with Crippen LogP contribution < -0.4 is 32.6 Å². The second kappa shape index (κ2) is 14.6. The molecule has 0 atom stereocenters. The second-order valence-corrected chi connectivity index (χ2v) is 23.2. The SMILES string of the molecule is O=c1c2cc3ccccc3cc2c2c1c1c(c3c4cc5ccc(-c6ccc7c(=O)c8c9c(=O)c%10ccccc%10c9c9c%10c%11ccccc%11c(=O)c%10c%10c(=O)c%11ccccc%11c%10c9c8c7c6)cc5cc4c(=O)c32)Cc2cc3ccccc3cc2-1. The van der Waals surface area contributed by atoms with Gasteiger partial charge in [0.1, 0.15) is 0 Å². The molecule has 0 aromatic heterocycles. The van der Waals surface area contributed by atoms with Gasteiger partial charge in [-0.3, -0.25) is 28.8 Å². The molecule has 0 heterocycles. The first-order valence-corrected chi connectivity index (χ1v) is 28.0. The lowest BCUT2D eigenvalue weighted by Gasteiger charge is -2.11. The zero-order chi connectivity index (χ0) is 54.7. The molecule has 19 aromatic carbocycles. The summed E-state index contributed by atoms with van der Waals surface area (Å²) in [6.45, 7) is 0. The number of hydrogen-bond donors (Lipinski definition) is 0. The van der Waals surface area contributed by atoms with Crippen molar-refractivity contribution < 1.29 is 0 Å². The maximum absolute atomic E-state index is 15.6. The van der Waals surface area contributed by atoms with Crippen LogP contribution in [-0.2, 0) is 6.42 Å². The van der Waals surface area contributed by atoms with Crippen molar-refractivity contribution in [2.75, 3.05) is 0 Å². The molecule has 6 heteroatoms. The average Bonchev–Trinajstić information content (AvgIpc) is 1.57. The number of hydrogen-bond acceptors (Lipinski definition) is 6. The summed E-state index contributed by atoms with van der Waals surface area (Å²) < 4.78 is 0. The van der Waals surface area contributed by atoms with Gasteiger partial charge in [0.25, 0.3) is 0 Å². The quantitative estimate of drug-likeness (QED) is 0.162. The predicted molar refractivity (Wildman–Crippen MR) is 345 cm³/mol. The molecule has 0 spiro atoms. The van der Waals surface area contributed by atoms with Crippen molar-refractivity contribution >= 4 is 172 Å². The standard InChI is InChI=1S/C77H34O6/c78-72-46-18-8-5-15-43(46)59-64-60-44-16-6-9-19-47(44)74(80)70(60)71-62(65(64)61-45-17-7-10-20-48(45)73(79)69(61)68(59)72)51-29-39(23-24-49(51)75(71)81)38-21-22-40-30-52-55(32-41(40)25-38)77(83)67-58(52)56-33-42-26-34-11-1-2-12-35(34)27-50(42)57(56)66-63(67)53-28-36-13-3-4-14-37(36)31-54(53)76(66)82/h1-32H,33H2. The Morgan fingerprint density at radius 1 is 0.217 bits per heavy atom. The Morgan fingerprint density at radius 2 is 0.566 bits per heavy atom. The van der Waals surface area contributed by atoms with Gasteiger partial charge >= 0.3 is 0 Å². The van der Waals surface area contributed by atoms with E-state index in [0.717, 1.165) is 81.9 Å². The van der Waals surface area contributed by atoms with E-state index in [9.17, 15) is 9.59 Å². The molecule has 0 fully saturated rings. The van der Waals surface area contributed by atoms with Crippen molar-refractivity contribution in [3.8, 4) is 22.3 Å². The maximum Gasteiger partial charge on any atom is 0.195 e. The minimum atomic E-state index is -0.275. The molecule has 1 aliphatic carbocycles. The summed E-state index contributed by atoms with van der Waals surface area (Å²) in [4.78, 5) is 91.0. The molecule has 6 nitrogen and oxygen atoms in total. The van der Waals surface area contributed by atoms with Gasteiger partial charge in [-0.05, 0) is 158 Å². The van der Waals surface area contributed by atoms with E-state index in [1.165, 1.54) is 0 Å². The summed E-state index contributed by atoms with van der Waals surface area (Å²) >= 11 is 0. The summed E-state index contributed by atoms with van der Waals surface area (Å²) in [6.07, 6.45) is 0.586. The van der Waals surface area contributed by atoms with Gasteiger partial charge < -0.3 is 0 Å². The van der Waals surface area contributed by atoms with Crippen molar-refractivity contribution in [2.24, 2.45) is 0 Å². The highest BCUT2D eigenvalue weighted by atomic mass is 16.1. The largest absolute Gasteiger partial charge is 0.289 e. The van der Waals surface area contributed by atoms with Gasteiger partial charge in [0.2, 0.25) is 0 Å². The molecule has 0 aliphatic heterocycles. The molecule has 1 aliphatic rings. The topological polar surface area (TPSA) is 102 Å². The average molecular weight is 1060 g/mol. The number of rotatable bonds is 1. The zero-order valence-corrected chi connectivity index (χ0v) is 43.6. The lowest BCUT2D eigenvalue weighted by Crippen LogP contribution is -2.03. The molecule has 83 heavy (non-hydrogen) atoms. The Bertz CT molecular complexity index is 6740. The van der Waals surface area contributed by atoms with Crippen molar-refractivity contribution in [3.05, 3.63) is 267 Å². The van der Waals surface area contributed by atoms with Crippen LogP contribution in [0.4, 0.5) is 0 Å². The Kier molecular flexibility index (Phi) is 7.72. The van der Waals surface area contributed by atoms with Gasteiger partial charge in [0.05, 0.1) is 0 Å². The summed E-state index contributed by atoms with van der Waals surface area (Å²) in [5.74, 6) is 0. The lowest BCUT2D eigenvalue weighted by molar-refractivity contribution is 1.30. The van der Waals surface area contributed by atoms with E-state index in [1.54, 1.807) is 18.2 Å². The monoisotopic (exact) mass is 1050 g/mol. The van der Waals surface area contributed by atoms with E-state index < -0.39 is 0 Å². The summed E-state index contributed by atoms with van der Waals surface area (Å²) in [7, 11) is 0. The van der Waals surface area contributed by atoms with Crippen LogP contribution in [-0.4, -0.2) is 0 Å². The summed E-state index contributed by atoms with van der Waals surface area (Å²) in [6, 6.07) is 63.5. The van der Waals surface area contributed by atoms with Crippen LogP contribution in [0.25, 0.3) is 195 Å². The fourth-order valence-electron chi connectivity index (χ4n) is 16.0. The third kappa shape index (κ3) is 5.06. The van der Waals surface area contributed by atoms with E-state index in [-0.39, 0.29) is 32.6 Å². The van der Waals surface area contributed by atoms with Crippen LogP contribution in [0.3, 0.4) is 0 Å². The first kappa shape index (κ1) is 43.8. The van der Waals surface area contributed by atoms with Crippen molar-refractivity contribution in [2.45, 2.75) is 6.42 Å². The van der Waals surface area contributed by atoms with Gasteiger partial charge in [-0.15, -0.1) is 0 Å². The van der Waals surface area contributed by atoms with Crippen molar-refractivity contribution in [1.29, 1.82) is 0 Å². The normalized spacial score (nSPS) is 13.1. The summed E-state index contributed by atoms with van der Waals surface area (Å²) in [5.41, 5.74) is 4.57. The Balaban J connectivity index is 0.889. The zero-order valence-electron chi connectivity index (χ0n) is 43.6. The fraction of sp³-hybridized carbons (Fsp3) is 0.0130. The van der Waals surface area contributed by atoms with Crippen molar-refractivity contribution in [1.82, 2.24) is 0 Å². The maximum atomic E-state index is 15.6. The molecule has 0 saturated carbocycles. The van der Waals surface area contributed by atoms with Gasteiger partial charge in [-0.25, -0.2) is 0 Å². The minimum absolute atomic E-state index is 0.0563. The van der Waals surface area contributed by atoms with Gasteiger partial charge in [-0.2, -0.15) is 0 Å². The molecule has 0 N–H and O–H groups in total. The molecule has 20 rings (SSSR count). The van der Waals surface area contributed by atoms with E-state index in [2.05, 4.69) is 60.7 Å². The van der Waals surface area contributed by atoms with Crippen molar-refractivity contribution in [3.63, 3.8) is 0 Å². The van der Waals surface area contributed by atoms with E-state index in [0.29, 0.717) is 130 Å². The molecular weight excluding hydrogens is 1020 g/mol. The summed E-state index contributed by atoms with van der Waals surface area (Å²) in [5, 5.41) is 21.2. The number of fused-ring (bicyclic) bond motifs is 34. The van der Waals surface area contributed by atoms with E-state index >= 15 is 19.2 Å². The molecule has 0 unspecified atom stereocenters. The molecule has 0 radical (unpaired) electrons. The highest BCUT2D eigenvalue weighted by molar-refractivity contribution is 6.51. The molecule has 378 valence electrons. The molecule has 19 aromatic rings. The van der Waals surface area contributed by atoms with E-state index in [4.69, 9.17) is 0 Å². The first-order valence-electron chi connectivity index (χ1n) is 28.0. The van der Waals surface area contributed by atoms with E-state index in [1.807, 2.05) is 115 Å². The lowest BCUT2D eigenvalue weighted by atomic mass is 9.89. The Labute approximate surface area is 465 Å². The Hall–Kier alpha value is -11.1. The fourth-order valence-corrected chi connectivity index (χ4v) is 16.0. The molecule has 0 amide bonds. The third-order valence-electron chi connectivity index (χ3n) is 19.4. The predicted octanol–water partition coefficient (Wildman–Crippen LogP) is 16.2. The second-order valence-electron chi connectivity index (χ2n) is 23.2. The highest BCUT2D eigenvalue weighted by Gasteiger charge is 2.34. The van der Waals surface area contributed by atoms with Crippen LogP contribution in [0.15, 0.2) is 223 Å². The van der Waals surface area contributed by atoms with Crippen LogP contribution in [0, 0.1) is 0 Å². The van der Waals surface area contributed by atoms with Gasteiger partial charge in [0, 0.05) is 102 Å². The third-order valence-corrected chi connectivity index (χ3v) is 19.4. The minimum Gasteiger partial charge on any atom is -0.289 e. The van der Waals surface area contributed by atoms with Gasteiger partial charge in [0.15, 0.2) is 32.6 Å². The highest BCUT2D eigenvalue weighted by Crippen LogP contribution is 2.53. The molecule has 0 bridgehead atoms. The number of benzene rings is 13. The molecule has 0 saturated heterocycles. The van der Waals surface area contributed by atoms with Crippen LogP contribution >= 0.6 is 0 Å². The smallest absolute Gasteiger partial charge is 0.195 e. The van der Waals surface area contributed by atoms with Crippen LogP contribution in [0.1, 0.15) is 11.1 Å².